The van der Waals surface area contributed by atoms with Gasteiger partial charge in [-0.15, -0.1) is 0 Å². The van der Waals surface area contributed by atoms with E-state index in [0.717, 1.165) is 38.0 Å². The van der Waals surface area contributed by atoms with Gasteiger partial charge in [0.25, 0.3) is 5.91 Å². The molecule has 116 valence electrons. The summed E-state index contributed by atoms with van der Waals surface area (Å²) in [5.74, 6) is 0.0799. The minimum absolute atomic E-state index is 0.0799. The van der Waals surface area contributed by atoms with Crippen molar-refractivity contribution in [2.24, 2.45) is 0 Å². The average Bonchev–Trinajstić information content (AvgIpc) is 2.54. The number of nitrogens with zero attached hydrogens (tertiary/aromatic N) is 1. The highest BCUT2D eigenvalue weighted by molar-refractivity contribution is 5.94. The number of hydrogen-bond donors (Lipinski definition) is 1. The van der Waals surface area contributed by atoms with Crippen molar-refractivity contribution in [2.75, 3.05) is 13.1 Å². The summed E-state index contributed by atoms with van der Waals surface area (Å²) in [6.45, 7) is 7.42. The van der Waals surface area contributed by atoms with E-state index in [1.165, 1.54) is 24.8 Å². The first-order valence-electron chi connectivity index (χ1n) is 8.35. The summed E-state index contributed by atoms with van der Waals surface area (Å²) in [6.07, 6.45) is 6.06. The molecule has 3 heteroatoms. The van der Waals surface area contributed by atoms with E-state index >= 15 is 0 Å². The predicted molar refractivity (Wildman–Crippen MR) is 87.4 cm³/mol. The van der Waals surface area contributed by atoms with Crippen LogP contribution in [0.5, 0.6) is 0 Å². The molecule has 1 N–H and O–H groups in total. The number of rotatable bonds is 6. The smallest absolute Gasteiger partial charge is 0.251 e. The molecule has 0 saturated heterocycles. The third kappa shape index (κ3) is 4.85. The Balaban J connectivity index is 1.89. The van der Waals surface area contributed by atoms with Crippen LogP contribution in [0.25, 0.3) is 0 Å². The Bertz CT molecular complexity index is 431. The van der Waals surface area contributed by atoms with Crippen LogP contribution in [-0.2, 0) is 6.54 Å². The van der Waals surface area contributed by atoms with Gasteiger partial charge in [-0.05, 0) is 43.6 Å². The molecular weight excluding hydrogens is 260 g/mol. The summed E-state index contributed by atoms with van der Waals surface area (Å²) in [4.78, 5) is 14.6. The molecule has 0 aliphatic heterocycles. The van der Waals surface area contributed by atoms with Crippen LogP contribution in [0, 0.1) is 0 Å². The Kier molecular flexibility index (Phi) is 6.24. The molecule has 0 aromatic heterocycles. The SMILES string of the molecule is CCN(CC)Cc1ccc(C(=O)NC2CCCCC2)cc1. The Labute approximate surface area is 128 Å². The number of carbonyl (C=O) groups is 1. The lowest BCUT2D eigenvalue weighted by Crippen LogP contribution is -2.36. The topological polar surface area (TPSA) is 32.3 Å². The normalized spacial score (nSPS) is 16.1. The van der Waals surface area contributed by atoms with Crippen LogP contribution in [0.3, 0.4) is 0 Å². The van der Waals surface area contributed by atoms with Gasteiger partial charge in [-0.2, -0.15) is 0 Å². The van der Waals surface area contributed by atoms with Gasteiger partial charge < -0.3 is 5.32 Å². The highest BCUT2D eigenvalue weighted by Gasteiger charge is 2.16. The Morgan fingerprint density at radius 1 is 1.10 bits per heavy atom. The first-order chi connectivity index (χ1) is 10.2. The van der Waals surface area contributed by atoms with E-state index in [-0.39, 0.29) is 5.91 Å². The second-order valence-electron chi connectivity index (χ2n) is 5.97. The Hall–Kier alpha value is -1.35. The van der Waals surface area contributed by atoms with Crippen LogP contribution >= 0.6 is 0 Å². The molecule has 1 aliphatic carbocycles. The van der Waals surface area contributed by atoms with Crippen molar-refractivity contribution < 1.29 is 4.79 Å². The highest BCUT2D eigenvalue weighted by atomic mass is 16.1. The summed E-state index contributed by atoms with van der Waals surface area (Å²) in [5.41, 5.74) is 2.05. The van der Waals surface area contributed by atoms with Crippen molar-refractivity contribution in [3.05, 3.63) is 35.4 Å². The molecule has 0 radical (unpaired) electrons. The number of carbonyl (C=O) groups excluding carboxylic acids is 1. The summed E-state index contributed by atoms with van der Waals surface area (Å²) < 4.78 is 0. The third-order valence-electron chi connectivity index (χ3n) is 4.46. The van der Waals surface area contributed by atoms with Gasteiger partial charge in [0.05, 0.1) is 0 Å². The van der Waals surface area contributed by atoms with Crippen molar-refractivity contribution >= 4 is 5.91 Å². The van der Waals surface area contributed by atoms with Crippen molar-refractivity contribution in [1.29, 1.82) is 0 Å². The maximum atomic E-state index is 12.2. The van der Waals surface area contributed by atoms with Gasteiger partial charge in [0.1, 0.15) is 0 Å². The molecule has 21 heavy (non-hydrogen) atoms. The van der Waals surface area contributed by atoms with Gasteiger partial charge in [0.15, 0.2) is 0 Å². The summed E-state index contributed by atoms with van der Waals surface area (Å²) in [6, 6.07) is 8.44. The lowest BCUT2D eigenvalue weighted by Gasteiger charge is -2.23. The van der Waals surface area contributed by atoms with E-state index in [4.69, 9.17) is 0 Å². The lowest BCUT2D eigenvalue weighted by molar-refractivity contribution is 0.0927. The van der Waals surface area contributed by atoms with E-state index < -0.39 is 0 Å². The van der Waals surface area contributed by atoms with E-state index in [2.05, 4.69) is 36.2 Å². The van der Waals surface area contributed by atoms with E-state index in [1.807, 2.05) is 12.1 Å². The maximum absolute atomic E-state index is 12.2. The zero-order valence-electron chi connectivity index (χ0n) is 13.4. The van der Waals surface area contributed by atoms with E-state index in [1.54, 1.807) is 0 Å². The zero-order valence-corrected chi connectivity index (χ0v) is 13.4. The fourth-order valence-corrected chi connectivity index (χ4v) is 2.98. The van der Waals surface area contributed by atoms with Crippen LogP contribution in [0.1, 0.15) is 61.9 Å². The fraction of sp³-hybridized carbons (Fsp3) is 0.611. The largest absolute Gasteiger partial charge is 0.349 e. The minimum atomic E-state index is 0.0799. The van der Waals surface area contributed by atoms with Gasteiger partial charge in [0, 0.05) is 18.2 Å². The van der Waals surface area contributed by atoms with Gasteiger partial charge >= 0.3 is 0 Å². The molecule has 0 atom stereocenters. The molecule has 0 unspecified atom stereocenters. The molecule has 1 saturated carbocycles. The van der Waals surface area contributed by atoms with Crippen molar-refractivity contribution in [1.82, 2.24) is 10.2 Å². The van der Waals surface area contributed by atoms with Gasteiger partial charge in [0.2, 0.25) is 0 Å². The highest BCUT2D eigenvalue weighted by Crippen LogP contribution is 2.18. The number of benzene rings is 1. The first-order valence-corrected chi connectivity index (χ1v) is 8.35. The van der Waals surface area contributed by atoms with Gasteiger partial charge in [-0.1, -0.05) is 45.2 Å². The monoisotopic (exact) mass is 288 g/mol. The van der Waals surface area contributed by atoms with Crippen molar-refractivity contribution in [3.63, 3.8) is 0 Å². The minimum Gasteiger partial charge on any atom is -0.349 e. The molecule has 2 rings (SSSR count). The van der Waals surface area contributed by atoms with E-state index in [0.29, 0.717) is 6.04 Å². The Morgan fingerprint density at radius 3 is 2.29 bits per heavy atom. The number of amides is 1. The van der Waals surface area contributed by atoms with Crippen LogP contribution in [0.2, 0.25) is 0 Å². The van der Waals surface area contributed by atoms with Crippen LogP contribution in [0.4, 0.5) is 0 Å². The van der Waals surface area contributed by atoms with Crippen LogP contribution in [0.15, 0.2) is 24.3 Å². The molecule has 1 aromatic carbocycles. The second kappa shape index (κ2) is 8.18. The zero-order chi connectivity index (χ0) is 15.1. The van der Waals surface area contributed by atoms with Crippen LogP contribution in [-0.4, -0.2) is 29.9 Å². The number of nitrogens with one attached hydrogen (secondary N) is 1. The molecule has 0 heterocycles. The molecule has 1 amide bonds. The molecule has 1 aliphatic rings. The van der Waals surface area contributed by atoms with Gasteiger partial charge in [-0.3, -0.25) is 9.69 Å². The Morgan fingerprint density at radius 2 is 1.71 bits per heavy atom. The molecule has 0 bridgehead atoms. The summed E-state index contributed by atoms with van der Waals surface area (Å²) in [5, 5.41) is 3.17. The quantitative estimate of drug-likeness (QED) is 0.867. The third-order valence-corrected chi connectivity index (χ3v) is 4.46. The molecular formula is C18H28N2O. The fourth-order valence-electron chi connectivity index (χ4n) is 2.98. The van der Waals surface area contributed by atoms with Gasteiger partial charge in [-0.25, -0.2) is 0 Å². The van der Waals surface area contributed by atoms with Crippen molar-refractivity contribution in [2.45, 2.75) is 58.5 Å². The lowest BCUT2D eigenvalue weighted by atomic mass is 9.95. The molecule has 0 spiro atoms. The first kappa shape index (κ1) is 16.0. The van der Waals surface area contributed by atoms with E-state index in [9.17, 15) is 4.79 Å². The summed E-state index contributed by atoms with van der Waals surface area (Å²) in [7, 11) is 0. The second-order valence-corrected chi connectivity index (χ2v) is 5.97. The van der Waals surface area contributed by atoms with Crippen LogP contribution < -0.4 is 5.32 Å². The summed E-state index contributed by atoms with van der Waals surface area (Å²) >= 11 is 0. The average molecular weight is 288 g/mol. The predicted octanol–water partition coefficient (Wildman–Crippen LogP) is 3.59. The molecule has 1 fully saturated rings. The molecule has 3 nitrogen and oxygen atoms in total. The van der Waals surface area contributed by atoms with Crippen molar-refractivity contribution in [3.8, 4) is 0 Å². The standard InChI is InChI=1S/C18H28N2O/c1-3-20(4-2)14-15-10-12-16(13-11-15)18(21)19-17-8-6-5-7-9-17/h10-13,17H,3-9,14H2,1-2H3,(H,19,21). The molecule has 1 aromatic rings. The maximum Gasteiger partial charge on any atom is 0.251 e. The number of hydrogen-bond acceptors (Lipinski definition) is 2.